The quantitative estimate of drug-likeness (QED) is 0.655. The van der Waals surface area contributed by atoms with Crippen molar-refractivity contribution in [2.24, 2.45) is 11.3 Å². The van der Waals surface area contributed by atoms with Crippen molar-refractivity contribution in [2.75, 3.05) is 0 Å². The van der Waals surface area contributed by atoms with Gasteiger partial charge in [-0.3, -0.25) is 0 Å². The third-order valence-corrected chi connectivity index (χ3v) is 2.47. The highest BCUT2D eigenvalue weighted by atomic mass is 16.3. The lowest BCUT2D eigenvalue weighted by Crippen LogP contribution is -2.41. The molecule has 0 aliphatic rings. The Kier molecular flexibility index (Phi) is 3.52. The van der Waals surface area contributed by atoms with E-state index < -0.39 is 17.6 Å². The minimum absolute atomic E-state index is 0.194. The summed E-state index contributed by atoms with van der Waals surface area (Å²) in [5.74, 6) is 0.194. The highest BCUT2D eigenvalue weighted by molar-refractivity contribution is 4.84. The molecule has 0 aromatic rings. The summed E-state index contributed by atoms with van der Waals surface area (Å²) in [4.78, 5) is 0. The number of hydrogen-bond acceptors (Lipinski definition) is 2. The molecule has 11 heavy (non-hydrogen) atoms. The van der Waals surface area contributed by atoms with Crippen molar-refractivity contribution >= 4 is 0 Å². The van der Waals surface area contributed by atoms with Gasteiger partial charge in [0.2, 0.25) is 0 Å². The molecule has 68 valence electrons. The standard InChI is InChI=1S/C9H20O2/c1-6(2)8(11)9(4,5)7(3)10/h6-8,10-11H,1-5H3. The van der Waals surface area contributed by atoms with Crippen molar-refractivity contribution in [1.82, 2.24) is 0 Å². The molecule has 0 saturated carbocycles. The molecule has 0 rings (SSSR count). The van der Waals surface area contributed by atoms with Crippen molar-refractivity contribution in [3.05, 3.63) is 0 Å². The van der Waals surface area contributed by atoms with Crippen LogP contribution in [0.1, 0.15) is 34.6 Å². The zero-order chi connectivity index (χ0) is 9.23. The number of hydrogen-bond donors (Lipinski definition) is 2. The SMILES string of the molecule is CC(C)C(O)C(C)(C)C(C)O. The maximum Gasteiger partial charge on any atom is 0.0638 e. The van der Waals surface area contributed by atoms with Crippen LogP contribution in [0.15, 0.2) is 0 Å². The van der Waals surface area contributed by atoms with Gasteiger partial charge < -0.3 is 10.2 Å². The van der Waals surface area contributed by atoms with Crippen LogP contribution in [0.4, 0.5) is 0 Å². The Hall–Kier alpha value is -0.0800. The molecule has 0 aromatic carbocycles. The molecule has 2 N–H and O–H groups in total. The predicted octanol–water partition coefficient (Wildman–Crippen LogP) is 1.41. The highest BCUT2D eigenvalue weighted by Gasteiger charge is 2.34. The molecule has 0 aliphatic heterocycles. The van der Waals surface area contributed by atoms with E-state index in [1.807, 2.05) is 27.7 Å². The van der Waals surface area contributed by atoms with E-state index in [0.717, 1.165) is 0 Å². The molecule has 0 radical (unpaired) electrons. The van der Waals surface area contributed by atoms with E-state index in [-0.39, 0.29) is 5.92 Å². The molecular formula is C9H20O2. The van der Waals surface area contributed by atoms with Crippen LogP contribution in [0.25, 0.3) is 0 Å². The molecule has 0 amide bonds. The Balaban J connectivity index is 4.29. The van der Waals surface area contributed by atoms with Gasteiger partial charge in [-0.1, -0.05) is 27.7 Å². The molecule has 0 spiro atoms. The van der Waals surface area contributed by atoms with Gasteiger partial charge in [0.05, 0.1) is 12.2 Å². The average Bonchev–Trinajstić information content (AvgIpc) is 1.85. The first kappa shape index (κ1) is 10.9. The van der Waals surface area contributed by atoms with E-state index in [2.05, 4.69) is 0 Å². The Labute approximate surface area is 69.2 Å². The van der Waals surface area contributed by atoms with E-state index in [4.69, 9.17) is 0 Å². The summed E-state index contributed by atoms with van der Waals surface area (Å²) >= 11 is 0. The largest absolute Gasteiger partial charge is 0.393 e. The monoisotopic (exact) mass is 160 g/mol. The molecule has 2 atom stereocenters. The van der Waals surface area contributed by atoms with Gasteiger partial charge in [0.25, 0.3) is 0 Å². The second-order valence-corrected chi connectivity index (χ2v) is 4.19. The third-order valence-electron chi connectivity index (χ3n) is 2.47. The third kappa shape index (κ3) is 2.46. The molecule has 2 unspecified atom stereocenters. The smallest absolute Gasteiger partial charge is 0.0638 e. The molecule has 0 saturated heterocycles. The lowest BCUT2D eigenvalue weighted by Gasteiger charge is -2.35. The van der Waals surface area contributed by atoms with Gasteiger partial charge >= 0.3 is 0 Å². The Morgan fingerprint density at radius 2 is 1.36 bits per heavy atom. The second-order valence-electron chi connectivity index (χ2n) is 4.19. The van der Waals surface area contributed by atoms with Gasteiger partial charge in [0, 0.05) is 5.41 Å². The zero-order valence-electron chi connectivity index (χ0n) is 8.13. The van der Waals surface area contributed by atoms with Gasteiger partial charge in [-0.2, -0.15) is 0 Å². The van der Waals surface area contributed by atoms with E-state index in [9.17, 15) is 10.2 Å². The predicted molar refractivity (Wildman–Crippen MR) is 46.3 cm³/mol. The minimum Gasteiger partial charge on any atom is -0.393 e. The molecule has 0 aromatic heterocycles. The van der Waals surface area contributed by atoms with Crippen molar-refractivity contribution in [3.8, 4) is 0 Å². The molecule has 0 fully saturated rings. The lowest BCUT2D eigenvalue weighted by molar-refractivity contribution is -0.0598. The summed E-state index contributed by atoms with van der Waals surface area (Å²) in [6.07, 6.45) is -0.914. The molecule has 2 nitrogen and oxygen atoms in total. The first-order valence-corrected chi connectivity index (χ1v) is 4.16. The van der Waals surface area contributed by atoms with E-state index in [1.165, 1.54) is 0 Å². The summed E-state index contributed by atoms with van der Waals surface area (Å²) in [5.41, 5.74) is -0.409. The number of aliphatic hydroxyl groups excluding tert-OH is 2. The van der Waals surface area contributed by atoms with Gasteiger partial charge in [-0.15, -0.1) is 0 Å². The fraction of sp³-hybridized carbons (Fsp3) is 1.00. The van der Waals surface area contributed by atoms with Crippen LogP contribution in [0, 0.1) is 11.3 Å². The van der Waals surface area contributed by atoms with Crippen LogP contribution in [0.2, 0.25) is 0 Å². The lowest BCUT2D eigenvalue weighted by atomic mass is 9.77. The summed E-state index contributed by atoms with van der Waals surface area (Å²) in [6.45, 7) is 9.37. The van der Waals surface area contributed by atoms with Gasteiger partial charge in [-0.25, -0.2) is 0 Å². The molecule has 0 heterocycles. The molecule has 0 aliphatic carbocycles. The molecular weight excluding hydrogens is 140 g/mol. The van der Waals surface area contributed by atoms with Crippen molar-refractivity contribution in [3.63, 3.8) is 0 Å². The van der Waals surface area contributed by atoms with Crippen LogP contribution in [0.3, 0.4) is 0 Å². The molecule has 2 heteroatoms. The summed E-state index contributed by atoms with van der Waals surface area (Å²) in [7, 11) is 0. The van der Waals surface area contributed by atoms with Crippen LogP contribution in [0.5, 0.6) is 0 Å². The highest BCUT2D eigenvalue weighted by Crippen LogP contribution is 2.29. The van der Waals surface area contributed by atoms with Gasteiger partial charge in [-0.05, 0) is 12.8 Å². The summed E-state index contributed by atoms with van der Waals surface area (Å²) in [6, 6.07) is 0. The maximum atomic E-state index is 9.66. The fourth-order valence-electron chi connectivity index (χ4n) is 1.11. The van der Waals surface area contributed by atoms with Crippen molar-refractivity contribution in [1.29, 1.82) is 0 Å². The van der Waals surface area contributed by atoms with Crippen LogP contribution in [-0.2, 0) is 0 Å². The molecule has 0 bridgehead atoms. The normalized spacial score (nSPS) is 18.5. The topological polar surface area (TPSA) is 40.5 Å². The number of aliphatic hydroxyl groups is 2. The van der Waals surface area contributed by atoms with Crippen molar-refractivity contribution in [2.45, 2.75) is 46.8 Å². The van der Waals surface area contributed by atoms with Crippen LogP contribution < -0.4 is 0 Å². The first-order valence-electron chi connectivity index (χ1n) is 4.16. The summed E-state index contributed by atoms with van der Waals surface area (Å²) in [5, 5.41) is 19.0. The van der Waals surface area contributed by atoms with Gasteiger partial charge in [0.1, 0.15) is 0 Å². The van der Waals surface area contributed by atoms with Crippen LogP contribution >= 0.6 is 0 Å². The average molecular weight is 160 g/mol. The second kappa shape index (κ2) is 3.55. The Bertz CT molecular complexity index is 117. The minimum atomic E-state index is -0.472. The van der Waals surface area contributed by atoms with Crippen molar-refractivity contribution < 1.29 is 10.2 Å². The fourth-order valence-corrected chi connectivity index (χ4v) is 1.11. The Morgan fingerprint density at radius 3 is 1.45 bits per heavy atom. The van der Waals surface area contributed by atoms with E-state index in [0.29, 0.717) is 0 Å². The maximum absolute atomic E-state index is 9.66. The first-order chi connectivity index (χ1) is 4.80. The van der Waals surface area contributed by atoms with E-state index in [1.54, 1.807) is 6.92 Å². The zero-order valence-corrected chi connectivity index (χ0v) is 8.13. The Morgan fingerprint density at radius 1 is 1.00 bits per heavy atom. The number of rotatable bonds is 3. The van der Waals surface area contributed by atoms with Gasteiger partial charge in [0.15, 0.2) is 0 Å². The van der Waals surface area contributed by atoms with Crippen LogP contribution in [-0.4, -0.2) is 22.4 Å². The van der Waals surface area contributed by atoms with E-state index >= 15 is 0 Å². The summed E-state index contributed by atoms with van der Waals surface area (Å²) < 4.78 is 0.